The van der Waals surface area contributed by atoms with Gasteiger partial charge in [-0.25, -0.2) is 9.97 Å². The zero-order valence-corrected chi connectivity index (χ0v) is 13.4. The summed E-state index contributed by atoms with van der Waals surface area (Å²) in [5.74, 6) is 2.01. The van der Waals surface area contributed by atoms with E-state index in [1.165, 1.54) is 11.8 Å². The molecule has 24 heavy (non-hydrogen) atoms. The molecule has 9 nitrogen and oxygen atoms in total. The Morgan fingerprint density at radius 2 is 2.17 bits per heavy atom. The summed E-state index contributed by atoms with van der Waals surface area (Å²) in [7, 11) is 0. The van der Waals surface area contributed by atoms with Gasteiger partial charge < -0.3 is 15.5 Å². The van der Waals surface area contributed by atoms with E-state index in [1.807, 2.05) is 0 Å². The van der Waals surface area contributed by atoms with E-state index in [2.05, 4.69) is 30.5 Å². The van der Waals surface area contributed by atoms with Crippen LogP contribution >= 0.6 is 11.8 Å². The molecule has 4 N–H and O–H groups in total. The smallest absolute Gasteiger partial charge is 0.287 e. The number of nitrogens with two attached hydrogens (primary N) is 1. The van der Waals surface area contributed by atoms with Crippen LogP contribution in [-0.4, -0.2) is 37.6 Å². The maximum Gasteiger partial charge on any atom is 0.287 e. The predicted octanol–water partition coefficient (Wildman–Crippen LogP) is 1.03. The minimum absolute atomic E-state index is 0.187. The number of furan rings is 1. The molecule has 0 aliphatic carbocycles. The first-order valence-electron chi connectivity index (χ1n) is 7.14. The van der Waals surface area contributed by atoms with E-state index in [0.29, 0.717) is 35.5 Å². The maximum absolute atomic E-state index is 12.0. The number of anilines is 1. The topological polar surface area (TPSA) is 136 Å². The fourth-order valence-electron chi connectivity index (χ4n) is 1.88. The highest BCUT2D eigenvalue weighted by molar-refractivity contribution is 7.98. The molecule has 124 valence electrons. The summed E-state index contributed by atoms with van der Waals surface area (Å²) >= 11 is 1.44. The lowest BCUT2D eigenvalue weighted by Crippen LogP contribution is -2.25. The van der Waals surface area contributed by atoms with Crippen molar-refractivity contribution >= 4 is 23.6 Å². The molecule has 3 rings (SSSR count). The lowest BCUT2D eigenvalue weighted by Gasteiger charge is -2.01. The Kier molecular flexibility index (Phi) is 5.06. The highest BCUT2D eigenvalue weighted by atomic mass is 32.2. The first-order valence-corrected chi connectivity index (χ1v) is 8.13. The third-order valence-corrected chi connectivity index (χ3v) is 3.87. The van der Waals surface area contributed by atoms with Gasteiger partial charge in [-0.05, 0) is 18.2 Å². The van der Waals surface area contributed by atoms with Gasteiger partial charge in [-0.2, -0.15) is 4.98 Å². The minimum atomic E-state index is -0.283. The Hall–Kier alpha value is -2.88. The molecule has 3 aromatic rings. The number of aromatic amines is 1. The zero-order valence-electron chi connectivity index (χ0n) is 12.6. The van der Waals surface area contributed by atoms with E-state index < -0.39 is 0 Å². The number of hydrogen-bond donors (Lipinski definition) is 3. The summed E-state index contributed by atoms with van der Waals surface area (Å²) in [6.45, 7) is 0.399. The molecule has 0 aliphatic heterocycles. The van der Waals surface area contributed by atoms with Gasteiger partial charge >= 0.3 is 0 Å². The molecule has 0 bridgehead atoms. The highest BCUT2D eigenvalue weighted by Gasteiger charge is 2.11. The standard InChI is InChI=1S/C14H15N7O2S/c15-13-19-11(20-21-13)4-7-16-12(22)10-3-2-9(23-10)8-24-14-17-5-1-6-18-14/h1-3,5-6H,4,7-8H2,(H,16,22)(H3,15,19,20,21). The van der Waals surface area contributed by atoms with Crippen molar-refractivity contribution in [2.24, 2.45) is 0 Å². The Morgan fingerprint density at radius 3 is 2.92 bits per heavy atom. The SMILES string of the molecule is Nc1n[nH]c(CCNC(=O)c2ccc(CSc3ncccn3)o2)n1. The lowest BCUT2D eigenvalue weighted by atomic mass is 10.3. The molecule has 0 saturated carbocycles. The van der Waals surface area contributed by atoms with Crippen molar-refractivity contribution < 1.29 is 9.21 Å². The van der Waals surface area contributed by atoms with Crippen LogP contribution in [0.15, 0.2) is 40.2 Å². The maximum atomic E-state index is 12.0. The molecule has 0 aromatic carbocycles. The first kappa shape index (κ1) is 16.0. The van der Waals surface area contributed by atoms with Crippen LogP contribution in [0.1, 0.15) is 22.1 Å². The third-order valence-electron chi connectivity index (χ3n) is 2.97. The van der Waals surface area contributed by atoms with Crippen molar-refractivity contribution in [1.82, 2.24) is 30.5 Å². The average molecular weight is 345 g/mol. The van der Waals surface area contributed by atoms with Gasteiger partial charge in [0.2, 0.25) is 5.95 Å². The Bertz CT molecular complexity index is 802. The van der Waals surface area contributed by atoms with E-state index in [4.69, 9.17) is 10.2 Å². The normalized spacial score (nSPS) is 10.7. The van der Waals surface area contributed by atoms with Crippen LogP contribution in [0, 0.1) is 0 Å². The van der Waals surface area contributed by atoms with Crippen LogP contribution in [0.25, 0.3) is 0 Å². The summed E-state index contributed by atoms with van der Waals surface area (Å²) in [5, 5.41) is 9.81. The van der Waals surface area contributed by atoms with E-state index in [9.17, 15) is 4.79 Å². The van der Waals surface area contributed by atoms with Crippen molar-refractivity contribution in [3.8, 4) is 0 Å². The lowest BCUT2D eigenvalue weighted by molar-refractivity contribution is 0.0925. The number of rotatable bonds is 7. The Morgan fingerprint density at radius 1 is 1.33 bits per heavy atom. The second-order valence-corrected chi connectivity index (χ2v) is 5.67. The van der Waals surface area contributed by atoms with Gasteiger partial charge in [0.1, 0.15) is 11.6 Å². The van der Waals surface area contributed by atoms with Crippen molar-refractivity contribution in [3.63, 3.8) is 0 Å². The second kappa shape index (κ2) is 7.59. The van der Waals surface area contributed by atoms with Crippen LogP contribution in [-0.2, 0) is 12.2 Å². The number of aromatic nitrogens is 5. The van der Waals surface area contributed by atoms with Gasteiger partial charge in [0, 0.05) is 25.4 Å². The molecule has 0 radical (unpaired) electrons. The number of nitrogen functional groups attached to an aromatic ring is 1. The molecule has 1 amide bonds. The molecule has 0 spiro atoms. The number of amides is 1. The molecule has 0 saturated heterocycles. The van der Waals surface area contributed by atoms with E-state index >= 15 is 0 Å². The van der Waals surface area contributed by atoms with E-state index in [0.717, 1.165) is 0 Å². The quantitative estimate of drug-likeness (QED) is 0.427. The summed E-state index contributed by atoms with van der Waals surface area (Å²) < 4.78 is 5.53. The fraction of sp³-hybridized carbons (Fsp3) is 0.214. The van der Waals surface area contributed by atoms with Crippen LogP contribution in [0.3, 0.4) is 0 Å². The van der Waals surface area contributed by atoms with Crippen LogP contribution in [0.4, 0.5) is 5.95 Å². The number of carbonyl (C=O) groups excluding carboxylic acids is 1. The average Bonchev–Trinajstić information content (AvgIpc) is 3.23. The monoisotopic (exact) mass is 345 g/mol. The van der Waals surface area contributed by atoms with Crippen LogP contribution < -0.4 is 11.1 Å². The first-order chi connectivity index (χ1) is 11.7. The summed E-state index contributed by atoms with van der Waals surface area (Å²) in [6.07, 6.45) is 3.86. The van der Waals surface area contributed by atoms with Crippen molar-refractivity contribution in [1.29, 1.82) is 0 Å². The number of thioether (sulfide) groups is 1. The van der Waals surface area contributed by atoms with Crippen molar-refractivity contribution in [2.75, 3.05) is 12.3 Å². The molecular weight excluding hydrogens is 330 g/mol. The number of H-pyrrole nitrogens is 1. The number of carbonyl (C=O) groups is 1. The van der Waals surface area contributed by atoms with Crippen LogP contribution in [0.5, 0.6) is 0 Å². The van der Waals surface area contributed by atoms with Gasteiger partial charge in [0.05, 0.1) is 5.75 Å². The predicted molar refractivity (Wildman–Crippen MR) is 87.1 cm³/mol. The van der Waals surface area contributed by atoms with Crippen molar-refractivity contribution in [3.05, 3.63) is 47.9 Å². The highest BCUT2D eigenvalue weighted by Crippen LogP contribution is 2.20. The van der Waals surface area contributed by atoms with Gasteiger partial charge in [-0.15, -0.1) is 5.10 Å². The zero-order chi connectivity index (χ0) is 16.8. The number of hydrogen-bond acceptors (Lipinski definition) is 8. The molecule has 0 fully saturated rings. The third kappa shape index (κ3) is 4.32. The molecule has 10 heteroatoms. The van der Waals surface area contributed by atoms with Gasteiger partial charge in [-0.3, -0.25) is 9.89 Å². The van der Waals surface area contributed by atoms with Crippen molar-refractivity contribution in [2.45, 2.75) is 17.3 Å². The van der Waals surface area contributed by atoms with Gasteiger partial charge in [-0.1, -0.05) is 11.8 Å². The molecule has 0 aliphatic rings. The second-order valence-electron chi connectivity index (χ2n) is 4.73. The van der Waals surface area contributed by atoms with E-state index in [-0.39, 0.29) is 17.6 Å². The fourth-order valence-corrected chi connectivity index (χ4v) is 2.57. The molecular formula is C14H15N7O2S. The Labute approximate surface area is 141 Å². The van der Waals surface area contributed by atoms with Crippen LogP contribution in [0.2, 0.25) is 0 Å². The summed E-state index contributed by atoms with van der Waals surface area (Å²) in [6, 6.07) is 5.16. The number of nitrogens with one attached hydrogen (secondary N) is 2. The largest absolute Gasteiger partial charge is 0.455 e. The summed E-state index contributed by atoms with van der Waals surface area (Å²) in [4.78, 5) is 24.2. The van der Waals surface area contributed by atoms with E-state index in [1.54, 1.807) is 30.6 Å². The number of nitrogens with zero attached hydrogens (tertiary/aromatic N) is 4. The molecule has 3 aromatic heterocycles. The molecule has 0 atom stereocenters. The summed E-state index contributed by atoms with van der Waals surface area (Å²) in [5.41, 5.74) is 5.41. The molecule has 0 unspecified atom stereocenters. The Balaban J connectivity index is 1.46. The van der Waals surface area contributed by atoms with Gasteiger partial charge in [0.15, 0.2) is 10.9 Å². The van der Waals surface area contributed by atoms with Gasteiger partial charge in [0.25, 0.3) is 5.91 Å². The minimum Gasteiger partial charge on any atom is -0.455 e. The molecule has 3 heterocycles.